The zero-order chi connectivity index (χ0) is 24.0. The van der Waals surface area contributed by atoms with Gasteiger partial charge in [0.25, 0.3) is 0 Å². The van der Waals surface area contributed by atoms with Crippen molar-refractivity contribution in [2.24, 2.45) is 0 Å². The Hall–Kier alpha value is -3.38. The van der Waals surface area contributed by atoms with E-state index in [0.29, 0.717) is 29.2 Å². The number of benzene rings is 2. The summed E-state index contributed by atoms with van der Waals surface area (Å²) in [5.41, 5.74) is 0.00552. The van der Waals surface area contributed by atoms with E-state index in [0.717, 1.165) is 29.1 Å². The number of aromatic nitrogens is 1. The first-order valence-electron chi connectivity index (χ1n) is 9.81. The zero-order valence-electron chi connectivity index (χ0n) is 18.2. The van der Waals surface area contributed by atoms with E-state index in [4.69, 9.17) is 14.2 Å². The third-order valence-electron chi connectivity index (χ3n) is 4.87. The van der Waals surface area contributed by atoms with E-state index in [1.165, 1.54) is 14.2 Å². The lowest BCUT2D eigenvalue weighted by Gasteiger charge is -2.15. The number of rotatable bonds is 8. The fourth-order valence-electron chi connectivity index (χ4n) is 3.16. The maximum Gasteiger partial charge on any atom is 0.417 e. The SMILES string of the molecule is COc1ccc(CCSc2nc(-c3ccc(OC)c(OC)c3)cc(C(F)(F)F)c2C#N)cc1. The fourth-order valence-corrected chi connectivity index (χ4v) is 4.15. The third kappa shape index (κ3) is 5.71. The Morgan fingerprint density at radius 1 is 0.939 bits per heavy atom. The van der Waals surface area contributed by atoms with Crippen LogP contribution in [0, 0.1) is 11.3 Å². The van der Waals surface area contributed by atoms with E-state index >= 15 is 0 Å². The van der Waals surface area contributed by atoms with Crippen LogP contribution in [0.2, 0.25) is 0 Å². The number of nitrogens with zero attached hydrogens (tertiary/aromatic N) is 2. The maximum atomic E-state index is 13.8. The molecule has 3 aromatic rings. The first-order valence-corrected chi connectivity index (χ1v) is 10.8. The van der Waals surface area contributed by atoms with Gasteiger partial charge in [0, 0.05) is 11.3 Å². The number of hydrogen-bond donors (Lipinski definition) is 0. The third-order valence-corrected chi connectivity index (χ3v) is 5.85. The molecule has 0 bridgehead atoms. The number of halogens is 3. The van der Waals surface area contributed by atoms with Crippen molar-refractivity contribution in [1.82, 2.24) is 4.98 Å². The Kier molecular flexibility index (Phi) is 7.71. The highest BCUT2D eigenvalue weighted by Crippen LogP contribution is 2.39. The predicted molar refractivity (Wildman–Crippen MR) is 120 cm³/mol. The average molecular weight is 475 g/mol. The van der Waals surface area contributed by atoms with Gasteiger partial charge in [0.15, 0.2) is 11.5 Å². The standard InChI is InChI=1S/C24H21F3N2O3S/c1-30-17-7-4-15(5-8-17)10-11-33-23-18(14-28)19(24(25,26)27)13-20(29-23)16-6-9-21(31-2)22(12-16)32-3/h4-9,12-13H,10-11H2,1-3H3. The summed E-state index contributed by atoms with van der Waals surface area (Å²) in [6.45, 7) is 0. The summed E-state index contributed by atoms with van der Waals surface area (Å²) in [6, 6.07) is 14.7. The van der Waals surface area contributed by atoms with Crippen LogP contribution in [0.4, 0.5) is 13.2 Å². The van der Waals surface area contributed by atoms with E-state index in [-0.39, 0.29) is 10.7 Å². The number of ether oxygens (including phenoxy) is 3. The van der Waals surface area contributed by atoms with Gasteiger partial charge in [0.1, 0.15) is 16.8 Å². The van der Waals surface area contributed by atoms with E-state index in [9.17, 15) is 18.4 Å². The fraction of sp³-hybridized carbons (Fsp3) is 0.250. The average Bonchev–Trinajstić information content (AvgIpc) is 2.82. The number of nitriles is 1. The molecule has 5 nitrogen and oxygen atoms in total. The lowest BCUT2D eigenvalue weighted by molar-refractivity contribution is -0.138. The molecule has 0 saturated carbocycles. The van der Waals surface area contributed by atoms with Crippen molar-refractivity contribution in [2.45, 2.75) is 17.6 Å². The topological polar surface area (TPSA) is 64.4 Å². The van der Waals surface area contributed by atoms with Crippen LogP contribution in [0.25, 0.3) is 11.3 Å². The van der Waals surface area contributed by atoms with Crippen molar-refractivity contribution in [3.63, 3.8) is 0 Å². The van der Waals surface area contributed by atoms with Crippen LogP contribution in [0.1, 0.15) is 16.7 Å². The van der Waals surface area contributed by atoms with Gasteiger partial charge in [-0.3, -0.25) is 0 Å². The second kappa shape index (κ2) is 10.5. The molecule has 33 heavy (non-hydrogen) atoms. The van der Waals surface area contributed by atoms with Crippen LogP contribution >= 0.6 is 11.8 Å². The quantitative estimate of drug-likeness (QED) is 0.373. The maximum absolute atomic E-state index is 13.8. The van der Waals surface area contributed by atoms with Crippen LogP contribution in [-0.2, 0) is 12.6 Å². The molecule has 1 aromatic heterocycles. The molecule has 0 aliphatic heterocycles. The van der Waals surface area contributed by atoms with E-state index in [2.05, 4.69) is 4.98 Å². The number of hydrogen-bond acceptors (Lipinski definition) is 6. The Morgan fingerprint density at radius 2 is 1.64 bits per heavy atom. The van der Waals surface area contributed by atoms with Gasteiger partial charge in [-0.05, 0) is 48.4 Å². The van der Waals surface area contributed by atoms with Crippen molar-refractivity contribution in [3.05, 3.63) is 65.2 Å². The number of pyridine rings is 1. The number of thioether (sulfide) groups is 1. The smallest absolute Gasteiger partial charge is 0.417 e. The van der Waals surface area contributed by atoms with Crippen LogP contribution in [0.5, 0.6) is 17.2 Å². The summed E-state index contributed by atoms with van der Waals surface area (Å²) in [5, 5.41) is 9.53. The molecule has 0 radical (unpaired) electrons. The summed E-state index contributed by atoms with van der Waals surface area (Å²) in [5.74, 6) is 1.97. The van der Waals surface area contributed by atoms with Gasteiger partial charge in [0.05, 0.1) is 38.2 Å². The minimum Gasteiger partial charge on any atom is -0.497 e. The zero-order valence-corrected chi connectivity index (χ0v) is 19.0. The molecule has 172 valence electrons. The lowest BCUT2D eigenvalue weighted by Crippen LogP contribution is -2.11. The summed E-state index contributed by atoms with van der Waals surface area (Å²) >= 11 is 1.11. The monoisotopic (exact) mass is 474 g/mol. The molecule has 0 atom stereocenters. The minimum atomic E-state index is -4.70. The molecule has 1 heterocycles. The van der Waals surface area contributed by atoms with E-state index < -0.39 is 17.3 Å². The molecule has 0 saturated heterocycles. The summed E-state index contributed by atoms with van der Waals surface area (Å²) in [7, 11) is 4.48. The highest BCUT2D eigenvalue weighted by Gasteiger charge is 2.36. The summed E-state index contributed by atoms with van der Waals surface area (Å²) < 4.78 is 57.0. The predicted octanol–water partition coefficient (Wildman–Crippen LogP) is 6.00. The van der Waals surface area contributed by atoms with Crippen LogP contribution < -0.4 is 14.2 Å². The minimum absolute atomic E-state index is 0.0330. The Balaban J connectivity index is 1.97. The summed E-state index contributed by atoms with van der Waals surface area (Å²) in [4.78, 5) is 4.40. The molecule has 9 heteroatoms. The molecule has 0 spiro atoms. The van der Waals surface area contributed by atoms with Gasteiger partial charge >= 0.3 is 6.18 Å². The Morgan fingerprint density at radius 3 is 2.21 bits per heavy atom. The number of methoxy groups -OCH3 is 3. The molecule has 3 rings (SSSR count). The van der Waals surface area contributed by atoms with Gasteiger partial charge in [-0.25, -0.2) is 4.98 Å². The Labute approximate surface area is 194 Å². The first-order chi connectivity index (χ1) is 15.8. The van der Waals surface area contributed by atoms with Gasteiger partial charge in [-0.15, -0.1) is 11.8 Å². The van der Waals surface area contributed by atoms with Gasteiger partial charge < -0.3 is 14.2 Å². The van der Waals surface area contributed by atoms with Crippen LogP contribution in [-0.4, -0.2) is 32.1 Å². The molecule has 2 aromatic carbocycles. The van der Waals surface area contributed by atoms with E-state index in [1.807, 2.05) is 24.3 Å². The molecule has 0 aliphatic carbocycles. The molecular weight excluding hydrogens is 453 g/mol. The highest BCUT2D eigenvalue weighted by molar-refractivity contribution is 7.99. The normalized spacial score (nSPS) is 11.1. The summed E-state index contributed by atoms with van der Waals surface area (Å²) in [6.07, 6.45) is -4.12. The molecule has 0 aliphatic rings. The van der Waals surface area contributed by atoms with Crippen molar-refractivity contribution in [2.75, 3.05) is 27.1 Å². The molecule has 0 unspecified atom stereocenters. The van der Waals surface area contributed by atoms with Crippen molar-refractivity contribution < 1.29 is 27.4 Å². The number of aryl methyl sites for hydroxylation is 1. The Bertz CT molecular complexity index is 1160. The van der Waals surface area contributed by atoms with E-state index in [1.54, 1.807) is 31.4 Å². The lowest BCUT2D eigenvalue weighted by atomic mass is 10.0. The molecule has 0 N–H and O–H groups in total. The van der Waals surface area contributed by atoms with Gasteiger partial charge in [0.2, 0.25) is 0 Å². The molecular formula is C24H21F3N2O3S. The van der Waals surface area contributed by atoms with Crippen molar-refractivity contribution in [1.29, 1.82) is 5.26 Å². The highest BCUT2D eigenvalue weighted by atomic mass is 32.2. The van der Waals surface area contributed by atoms with Crippen LogP contribution in [0.3, 0.4) is 0 Å². The largest absolute Gasteiger partial charge is 0.497 e. The molecule has 0 amide bonds. The van der Waals surface area contributed by atoms with Gasteiger partial charge in [-0.1, -0.05) is 12.1 Å². The van der Waals surface area contributed by atoms with Crippen molar-refractivity contribution >= 4 is 11.8 Å². The second-order valence-electron chi connectivity index (χ2n) is 6.86. The first kappa shape index (κ1) is 24.3. The second-order valence-corrected chi connectivity index (χ2v) is 7.94. The number of alkyl halides is 3. The van der Waals surface area contributed by atoms with Crippen LogP contribution in [0.15, 0.2) is 53.6 Å². The molecule has 0 fully saturated rings. The van der Waals surface area contributed by atoms with Crippen molar-refractivity contribution in [3.8, 4) is 34.6 Å². The van der Waals surface area contributed by atoms with Gasteiger partial charge in [-0.2, -0.15) is 18.4 Å².